The van der Waals surface area contributed by atoms with Gasteiger partial charge in [0.25, 0.3) is 5.91 Å². The van der Waals surface area contributed by atoms with E-state index < -0.39 is 11.9 Å². The van der Waals surface area contributed by atoms with E-state index in [-0.39, 0.29) is 6.61 Å². The molecule has 0 aliphatic rings. The van der Waals surface area contributed by atoms with Crippen molar-refractivity contribution in [1.82, 2.24) is 0 Å². The average Bonchev–Trinajstić information content (AvgIpc) is 2.61. The summed E-state index contributed by atoms with van der Waals surface area (Å²) >= 11 is 1.39. The molecule has 124 valence electrons. The van der Waals surface area contributed by atoms with Crippen molar-refractivity contribution in [2.24, 2.45) is 0 Å². The van der Waals surface area contributed by atoms with E-state index in [0.717, 1.165) is 4.90 Å². The molecule has 2 rings (SSSR count). The first-order chi connectivity index (χ1) is 11.7. The highest BCUT2D eigenvalue weighted by atomic mass is 32.2. The number of carbonyl (C=O) groups is 2. The molecule has 1 N–H and O–H groups in total. The van der Waals surface area contributed by atoms with Gasteiger partial charge in [-0.2, -0.15) is 0 Å². The number of ether oxygens (including phenoxy) is 2. The second-order valence-electron chi connectivity index (χ2n) is 4.62. The minimum Gasteiger partial charge on any atom is -0.497 e. The minimum atomic E-state index is -0.570. The number of benzene rings is 2. The van der Waals surface area contributed by atoms with Gasteiger partial charge in [0.2, 0.25) is 0 Å². The summed E-state index contributed by atoms with van der Waals surface area (Å²) < 4.78 is 9.96. The summed E-state index contributed by atoms with van der Waals surface area (Å²) in [5.74, 6) is -0.356. The molecule has 2 aromatic rings. The van der Waals surface area contributed by atoms with Crippen molar-refractivity contribution < 1.29 is 19.1 Å². The van der Waals surface area contributed by atoms with Gasteiger partial charge in [0.15, 0.2) is 6.61 Å². The number of carbonyl (C=O) groups excluding carboxylic acids is 2. The maximum Gasteiger partial charge on any atom is 0.331 e. The number of rotatable bonds is 7. The fraction of sp³-hybridized carbons (Fsp3) is 0.111. The first kappa shape index (κ1) is 17.6. The van der Waals surface area contributed by atoms with Gasteiger partial charge in [0, 0.05) is 22.7 Å². The summed E-state index contributed by atoms with van der Waals surface area (Å²) in [5.41, 5.74) is 0.575. The molecule has 24 heavy (non-hydrogen) atoms. The summed E-state index contributed by atoms with van der Waals surface area (Å²) in [6.07, 6.45) is 1.29. The van der Waals surface area contributed by atoms with Gasteiger partial charge in [0.1, 0.15) is 5.75 Å². The van der Waals surface area contributed by atoms with E-state index >= 15 is 0 Å². The largest absolute Gasteiger partial charge is 0.497 e. The van der Waals surface area contributed by atoms with Crippen LogP contribution in [0.15, 0.2) is 71.0 Å². The Labute approximate surface area is 144 Å². The lowest BCUT2D eigenvalue weighted by molar-refractivity contribution is -0.142. The predicted molar refractivity (Wildman–Crippen MR) is 94.0 cm³/mol. The van der Waals surface area contributed by atoms with E-state index in [0.29, 0.717) is 11.4 Å². The third-order valence-electron chi connectivity index (χ3n) is 2.85. The Balaban J connectivity index is 1.73. The first-order valence-corrected chi connectivity index (χ1v) is 8.04. The van der Waals surface area contributed by atoms with Crippen LogP contribution in [0.25, 0.3) is 0 Å². The second kappa shape index (κ2) is 9.42. The van der Waals surface area contributed by atoms with E-state index in [9.17, 15) is 9.59 Å². The third kappa shape index (κ3) is 6.18. The van der Waals surface area contributed by atoms with Gasteiger partial charge in [-0.1, -0.05) is 36.0 Å². The average molecular weight is 343 g/mol. The van der Waals surface area contributed by atoms with E-state index in [1.807, 2.05) is 30.3 Å². The van der Waals surface area contributed by atoms with Crippen LogP contribution in [-0.4, -0.2) is 25.6 Å². The second-order valence-corrected chi connectivity index (χ2v) is 5.60. The molecule has 0 aromatic heterocycles. The minimum absolute atomic E-state index is 0.351. The predicted octanol–water partition coefficient (Wildman–Crippen LogP) is 3.48. The van der Waals surface area contributed by atoms with Crippen molar-refractivity contribution in [2.75, 3.05) is 19.0 Å². The Hall–Kier alpha value is -2.73. The zero-order valence-corrected chi connectivity index (χ0v) is 13.9. The Morgan fingerprint density at radius 1 is 1.12 bits per heavy atom. The van der Waals surface area contributed by atoms with Gasteiger partial charge >= 0.3 is 5.97 Å². The fourth-order valence-electron chi connectivity index (χ4n) is 1.75. The highest BCUT2D eigenvalue weighted by Gasteiger charge is 2.06. The van der Waals surface area contributed by atoms with Crippen LogP contribution in [0, 0.1) is 0 Å². The summed E-state index contributed by atoms with van der Waals surface area (Å²) in [5, 5.41) is 4.25. The van der Waals surface area contributed by atoms with Gasteiger partial charge in [-0.25, -0.2) is 4.79 Å². The molecule has 5 nitrogen and oxygen atoms in total. The van der Waals surface area contributed by atoms with Gasteiger partial charge < -0.3 is 14.8 Å². The monoisotopic (exact) mass is 343 g/mol. The quantitative estimate of drug-likeness (QED) is 0.474. The zero-order chi connectivity index (χ0) is 17.2. The van der Waals surface area contributed by atoms with Gasteiger partial charge in [0.05, 0.1) is 7.11 Å². The number of methoxy groups -OCH3 is 1. The number of amides is 1. The molecular formula is C18H17NO4S. The molecule has 0 heterocycles. The summed E-state index contributed by atoms with van der Waals surface area (Å²) in [4.78, 5) is 24.3. The lowest BCUT2D eigenvalue weighted by atomic mass is 10.3. The normalized spacial score (nSPS) is 10.4. The van der Waals surface area contributed by atoms with Gasteiger partial charge in [-0.3, -0.25) is 4.79 Å². The molecule has 0 radical (unpaired) electrons. The molecule has 6 heteroatoms. The molecule has 0 atom stereocenters. The number of nitrogens with one attached hydrogen (secondary N) is 1. The van der Waals surface area contributed by atoms with Crippen LogP contribution in [0.1, 0.15) is 0 Å². The maximum atomic E-state index is 11.8. The number of hydrogen-bond acceptors (Lipinski definition) is 5. The maximum absolute atomic E-state index is 11.8. The molecule has 2 aromatic carbocycles. The van der Waals surface area contributed by atoms with Crippen LogP contribution < -0.4 is 10.1 Å². The first-order valence-electron chi connectivity index (χ1n) is 7.16. The van der Waals surface area contributed by atoms with Crippen LogP contribution in [0.5, 0.6) is 5.75 Å². The highest BCUT2D eigenvalue weighted by Crippen LogP contribution is 2.18. The molecule has 1 amide bonds. The Morgan fingerprint density at radius 3 is 2.67 bits per heavy atom. The number of anilines is 1. The summed E-state index contributed by atoms with van der Waals surface area (Å²) in [7, 11) is 1.54. The molecule has 0 saturated carbocycles. The molecule has 0 aliphatic carbocycles. The number of hydrogen-bond donors (Lipinski definition) is 1. The third-order valence-corrected chi connectivity index (χ3v) is 3.67. The summed E-state index contributed by atoms with van der Waals surface area (Å²) in [6.45, 7) is -0.351. The molecule has 0 saturated heterocycles. The van der Waals surface area contributed by atoms with Crippen molar-refractivity contribution in [1.29, 1.82) is 0 Å². The summed E-state index contributed by atoms with van der Waals surface area (Å²) in [6, 6.07) is 16.5. The smallest absolute Gasteiger partial charge is 0.331 e. The molecule has 0 aliphatic heterocycles. The zero-order valence-electron chi connectivity index (χ0n) is 13.1. The SMILES string of the molecule is COc1cccc(NC(=O)COC(=O)/C=C/Sc2ccccc2)c1. The van der Waals surface area contributed by atoms with Crippen molar-refractivity contribution in [3.8, 4) is 5.75 Å². The lowest BCUT2D eigenvalue weighted by Gasteiger charge is -2.07. The van der Waals surface area contributed by atoms with Crippen LogP contribution in [-0.2, 0) is 14.3 Å². The molecule has 0 unspecified atom stereocenters. The van der Waals surface area contributed by atoms with Crippen molar-refractivity contribution >= 4 is 29.3 Å². The molecule has 0 fully saturated rings. The molecule has 0 spiro atoms. The lowest BCUT2D eigenvalue weighted by Crippen LogP contribution is -2.20. The highest BCUT2D eigenvalue weighted by molar-refractivity contribution is 8.02. The fourth-order valence-corrected chi connectivity index (χ4v) is 2.40. The van der Waals surface area contributed by atoms with Gasteiger partial charge in [-0.05, 0) is 29.7 Å². The van der Waals surface area contributed by atoms with Crippen LogP contribution in [0.2, 0.25) is 0 Å². The van der Waals surface area contributed by atoms with E-state index in [1.54, 1.807) is 36.8 Å². The molecule has 0 bridgehead atoms. The number of esters is 1. The topological polar surface area (TPSA) is 64.6 Å². The van der Waals surface area contributed by atoms with Crippen molar-refractivity contribution in [2.45, 2.75) is 4.90 Å². The van der Waals surface area contributed by atoms with E-state index in [2.05, 4.69) is 5.32 Å². The van der Waals surface area contributed by atoms with Crippen LogP contribution in [0.4, 0.5) is 5.69 Å². The van der Waals surface area contributed by atoms with E-state index in [4.69, 9.17) is 9.47 Å². The van der Waals surface area contributed by atoms with E-state index in [1.165, 1.54) is 17.8 Å². The Bertz CT molecular complexity index is 716. The van der Waals surface area contributed by atoms with Crippen molar-refractivity contribution in [3.63, 3.8) is 0 Å². The van der Waals surface area contributed by atoms with Gasteiger partial charge in [-0.15, -0.1) is 0 Å². The Morgan fingerprint density at radius 2 is 1.92 bits per heavy atom. The number of thioether (sulfide) groups is 1. The van der Waals surface area contributed by atoms with Crippen molar-refractivity contribution in [3.05, 3.63) is 66.1 Å². The Kier molecular flexibility index (Phi) is 6.91. The standard InChI is InChI=1S/C18H17NO4S/c1-22-15-7-5-6-14(12-15)19-17(20)13-23-18(21)10-11-24-16-8-3-2-4-9-16/h2-12H,13H2,1H3,(H,19,20)/b11-10+. The molecular weight excluding hydrogens is 326 g/mol. The van der Waals surface area contributed by atoms with Crippen LogP contribution >= 0.6 is 11.8 Å². The van der Waals surface area contributed by atoms with Crippen LogP contribution in [0.3, 0.4) is 0 Å².